The minimum Gasteiger partial charge on any atom is -0.386 e. The van der Waals surface area contributed by atoms with Crippen molar-refractivity contribution in [3.05, 3.63) is 120 Å². The summed E-state index contributed by atoms with van der Waals surface area (Å²) in [5.74, 6) is 0. The Kier molecular flexibility index (Phi) is 9.21. The van der Waals surface area contributed by atoms with E-state index in [1.54, 1.807) is 7.11 Å². The summed E-state index contributed by atoms with van der Waals surface area (Å²) in [7, 11) is 1.55. The van der Waals surface area contributed by atoms with E-state index in [0.717, 1.165) is 16.7 Å². The summed E-state index contributed by atoms with van der Waals surface area (Å²) in [4.78, 5) is 0. The molecule has 0 amide bonds. The number of fused-ring (bicyclic) bond motifs is 1. The van der Waals surface area contributed by atoms with E-state index >= 15 is 0 Å². The number of aliphatic hydroxyl groups is 1. The molecule has 2 heterocycles. The Bertz CT molecular complexity index is 1160. The maximum atomic E-state index is 11.1. The van der Waals surface area contributed by atoms with Crippen LogP contribution in [-0.2, 0) is 48.2 Å². The third kappa shape index (κ3) is 6.00. The quantitative estimate of drug-likeness (QED) is 0.346. The zero-order valence-electron chi connectivity index (χ0n) is 22.1. The van der Waals surface area contributed by atoms with Gasteiger partial charge in [0.15, 0.2) is 11.9 Å². The predicted octanol–water partition coefficient (Wildman–Crippen LogP) is 4.43. The molecule has 2 aliphatic heterocycles. The SMILES string of the molecule is C=C[C@H](O)[C@H]1O[C@H](OC)[C@@H]2OC[C@H](OCc3ccccc3)[C@]2(OCc2ccccc2)[C@@H]1OCc1ccccc1. The molecular formula is C32H36O7. The van der Waals surface area contributed by atoms with Gasteiger partial charge < -0.3 is 33.5 Å². The molecule has 0 radical (unpaired) electrons. The van der Waals surface area contributed by atoms with Gasteiger partial charge in [0.2, 0.25) is 0 Å². The maximum absolute atomic E-state index is 11.1. The molecule has 0 aromatic heterocycles. The molecule has 7 nitrogen and oxygen atoms in total. The molecule has 0 saturated carbocycles. The summed E-state index contributed by atoms with van der Waals surface area (Å²) in [5, 5.41) is 11.1. The lowest BCUT2D eigenvalue weighted by atomic mass is 9.79. The first-order valence-electron chi connectivity index (χ1n) is 13.2. The number of benzene rings is 3. The zero-order valence-corrected chi connectivity index (χ0v) is 22.1. The number of methoxy groups -OCH3 is 1. The molecule has 7 heteroatoms. The van der Waals surface area contributed by atoms with Crippen LogP contribution in [0.2, 0.25) is 0 Å². The Morgan fingerprint density at radius 3 is 1.95 bits per heavy atom. The summed E-state index contributed by atoms with van der Waals surface area (Å²) in [5.41, 5.74) is 1.84. The Labute approximate surface area is 229 Å². The van der Waals surface area contributed by atoms with Crippen LogP contribution in [0.15, 0.2) is 104 Å². The van der Waals surface area contributed by atoms with Gasteiger partial charge in [0.25, 0.3) is 0 Å². The molecule has 3 aromatic rings. The number of aliphatic hydroxyl groups excluding tert-OH is 1. The lowest BCUT2D eigenvalue weighted by Crippen LogP contribution is -2.72. The average molecular weight is 533 g/mol. The molecular weight excluding hydrogens is 496 g/mol. The van der Waals surface area contributed by atoms with E-state index in [2.05, 4.69) is 6.58 Å². The highest BCUT2D eigenvalue weighted by atomic mass is 16.7. The normalized spacial score (nSPS) is 29.0. The lowest BCUT2D eigenvalue weighted by Gasteiger charge is -2.52. The van der Waals surface area contributed by atoms with E-state index in [0.29, 0.717) is 6.61 Å². The van der Waals surface area contributed by atoms with Crippen LogP contribution < -0.4 is 0 Å². The van der Waals surface area contributed by atoms with Crippen LogP contribution in [0.1, 0.15) is 16.7 Å². The first kappa shape index (κ1) is 27.7. The van der Waals surface area contributed by atoms with Crippen molar-refractivity contribution in [1.82, 2.24) is 0 Å². The number of hydrogen-bond acceptors (Lipinski definition) is 7. The van der Waals surface area contributed by atoms with Crippen LogP contribution >= 0.6 is 0 Å². The van der Waals surface area contributed by atoms with Crippen molar-refractivity contribution in [3.63, 3.8) is 0 Å². The van der Waals surface area contributed by atoms with Gasteiger partial charge in [-0.1, -0.05) is 97.1 Å². The molecule has 2 aliphatic rings. The smallest absolute Gasteiger partial charge is 0.187 e. The molecule has 2 fully saturated rings. The number of ether oxygens (including phenoxy) is 6. The molecule has 7 atom stereocenters. The highest BCUT2D eigenvalue weighted by molar-refractivity contribution is 5.20. The monoisotopic (exact) mass is 532 g/mol. The van der Waals surface area contributed by atoms with Gasteiger partial charge in [0.05, 0.1) is 26.4 Å². The summed E-state index contributed by atoms with van der Waals surface area (Å²) in [6, 6.07) is 29.7. The van der Waals surface area contributed by atoms with Gasteiger partial charge in [-0.2, -0.15) is 0 Å². The maximum Gasteiger partial charge on any atom is 0.187 e. The van der Waals surface area contributed by atoms with Gasteiger partial charge in [-0.15, -0.1) is 6.58 Å². The fourth-order valence-corrected chi connectivity index (χ4v) is 5.37. The summed E-state index contributed by atoms with van der Waals surface area (Å²) >= 11 is 0. The summed E-state index contributed by atoms with van der Waals surface area (Å²) in [6.45, 7) is 4.97. The molecule has 0 unspecified atom stereocenters. The fraction of sp³-hybridized carbons (Fsp3) is 0.375. The fourth-order valence-electron chi connectivity index (χ4n) is 5.37. The van der Waals surface area contributed by atoms with Crippen LogP contribution in [0, 0.1) is 0 Å². The van der Waals surface area contributed by atoms with E-state index in [1.807, 2.05) is 91.0 Å². The van der Waals surface area contributed by atoms with Crippen molar-refractivity contribution >= 4 is 0 Å². The van der Waals surface area contributed by atoms with Crippen molar-refractivity contribution in [2.45, 2.75) is 62.2 Å². The molecule has 0 spiro atoms. The van der Waals surface area contributed by atoms with E-state index in [-0.39, 0.29) is 19.8 Å². The topological polar surface area (TPSA) is 75.6 Å². The van der Waals surface area contributed by atoms with Gasteiger partial charge >= 0.3 is 0 Å². The molecule has 3 aromatic carbocycles. The Morgan fingerprint density at radius 2 is 1.41 bits per heavy atom. The van der Waals surface area contributed by atoms with Crippen molar-refractivity contribution in [2.24, 2.45) is 0 Å². The number of hydrogen-bond donors (Lipinski definition) is 1. The minimum atomic E-state index is -1.16. The molecule has 0 bridgehead atoms. The van der Waals surface area contributed by atoms with Crippen LogP contribution in [0.5, 0.6) is 0 Å². The second kappa shape index (κ2) is 13.0. The first-order chi connectivity index (χ1) is 19.2. The highest BCUT2D eigenvalue weighted by Crippen LogP contribution is 2.46. The third-order valence-electron chi connectivity index (χ3n) is 7.37. The second-order valence-corrected chi connectivity index (χ2v) is 9.82. The average Bonchev–Trinajstić information content (AvgIpc) is 3.38. The summed E-state index contributed by atoms with van der Waals surface area (Å²) in [6.07, 6.45) is -3.23. The largest absolute Gasteiger partial charge is 0.386 e. The van der Waals surface area contributed by atoms with Crippen LogP contribution in [0.4, 0.5) is 0 Å². The standard InChI is InChI=1S/C32H36O7/c1-3-26(33)28-29(36-20-24-15-9-5-10-16-24)32(38-21-25-17-11-6-12-18-25)27(22-37-30(32)31(34-2)39-28)35-19-23-13-7-4-8-14-23/h3-18,26-31,33H,1,19-22H2,2H3/t26-,27-,28+,29+,30-,31-,32-/m0/s1. The third-order valence-corrected chi connectivity index (χ3v) is 7.37. The molecule has 1 N–H and O–H groups in total. The lowest BCUT2D eigenvalue weighted by molar-refractivity contribution is -0.348. The van der Waals surface area contributed by atoms with Gasteiger partial charge in [0, 0.05) is 7.11 Å². The predicted molar refractivity (Wildman–Crippen MR) is 146 cm³/mol. The number of rotatable bonds is 12. The zero-order chi connectivity index (χ0) is 27.1. The van der Waals surface area contributed by atoms with Gasteiger partial charge in [-0.05, 0) is 16.7 Å². The Hall–Kier alpha value is -2.88. The second-order valence-electron chi connectivity index (χ2n) is 9.82. The van der Waals surface area contributed by atoms with Crippen molar-refractivity contribution < 1.29 is 33.5 Å². The van der Waals surface area contributed by atoms with E-state index in [4.69, 9.17) is 28.4 Å². The Morgan fingerprint density at radius 1 is 0.872 bits per heavy atom. The highest BCUT2D eigenvalue weighted by Gasteiger charge is 2.68. The van der Waals surface area contributed by atoms with Crippen molar-refractivity contribution in [2.75, 3.05) is 13.7 Å². The van der Waals surface area contributed by atoms with Crippen LogP contribution in [0.25, 0.3) is 0 Å². The van der Waals surface area contributed by atoms with Gasteiger partial charge in [-0.25, -0.2) is 0 Å². The Balaban J connectivity index is 1.54. The molecule has 2 saturated heterocycles. The first-order valence-corrected chi connectivity index (χ1v) is 13.2. The van der Waals surface area contributed by atoms with E-state index in [9.17, 15) is 5.11 Å². The van der Waals surface area contributed by atoms with Crippen LogP contribution in [0.3, 0.4) is 0 Å². The van der Waals surface area contributed by atoms with Crippen LogP contribution in [-0.4, -0.2) is 61.2 Å². The molecule has 39 heavy (non-hydrogen) atoms. The van der Waals surface area contributed by atoms with Crippen molar-refractivity contribution in [1.29, 1.82) is 0 Å². The van der Waals surface area contributed by atoms with E-state index in [1.165, 1.54) is 6.08 Å². The molecule has 0 aliphatic carbocycles. The molecule has 206 valence electrons. The minimum absolute atomic E-state index is 0.248. The summed E-state index contributed by atoms with van der Waals surface area (Å²) < 4.78 is 38.3. The van der Waals surface area contributed by atoms with Gasteiger partial charge in [0.1, 0.15) is 30.5 Å². The van der Waals surface area contributed by atoms with Crippen molar-refractivity contribution in [3.8, 4) is 0 Å². The van der Waals surface area contributed by atoms with Gasteiger partial charge in [-0.3, -0.25) is 0 Å². The van der Waals surface area contributed by atoms with E-state index < -0.39 is 42.4 Å². The molecule has 5 rings (SSSR count).